The average Bonchev–Trinajstić information content (AvgIpc) is 3.24. The van der Waals surface area contributed by atoms with Gasteiger partial charge in [0.25, 0.3) is 5.91 Å². The summed E-state index contributed by atoms with van der Waals surface area (Å²) in [5, 5.41) is 2.64. The fourth-order valence-electron chi connectivity index (χ4n) is 3.09. The fraction of sp³-hybridized carbons (Fsp3) is 0.0909. The number of hydrogen-bond acceptors (Lipinski definition) is 2. The molecule has 2 aromatic carbocycles. The van der Waals surface area contributed by atoms with E-state index in [1.807, 2.05) is 54.1 Å². The molecule has 3 aromatic rings. The smallest absolute Gasteiger partial charge is 0.317 e. The number of imide groups is 1. The normalized spacial score (nSPS) is 15.4. The molecule has 5 nitrogen and oxygen atoms in total. The van der Waals surface area contributed by atoms with Crippen LogP contribution in [-0.2, 0) is 11.3 Å². The van der Waals surface area contributed by atoms with Crippen molar-refractivity contribution in [3.63, 3.8) is 0 Å². The quantitative estimate of drug-likeness (QED) is 0.553. The third-order valence-corrected chi connectivity index (χ3v) is 4.60. The number of nitrogens with zero attached hydrogens (tertiary/aromatic N) is 2. The van der Waals surface area contributed by atoms with Crippen molar-refractivity contribution in [2.75, 3.05) is 0 Å². The second-order valence-corrected chi connectivity index (χ2v) is 6.64. The lowest BCUT2D eigenvalue weighted by Gasteiger charge is -2.12. The molecule has 0 spiro atoms. The monoisotopic (exact) mass is 375 g/mol. The molecule has 28 heavy (non-hydrogen) atoms. The molecule has 2 heterocycles. The first kappa shape index (κ1) is 17.7. The molecule has 0 radical (unpaired) electrons. The number of urea groups is 1. The van der Waals surface area contributed by atoms with Crippen LogP contribution >= 0.6 is 0 Å². The molecule has 1 N–H and O–H groups in total. The number of rotatable bonds is 4. The molecule has 1 fully saturated rings. The Morgan fingerprint density at radius 1 is 1.00 bits per heavy atom. The summed E-state index contributed by atoms with van der Waals surface area (Å²) in [5.41, 5.74) is 3.66. The molecule has 1 aliphatic rings. The molecule has 140 valence electrons. The molecule has 3 amide bonds. The number of carbonyl (C=O) groups excluding carboxylic acids is 2. The number of aryl methyl sites for hydroxylation is 1. The summed E-state index contributed by atoms with van der Waals surface area (Å²) in [6.07, 6.45) is 3.43. The molecule has 0 unspecified atom stereocenters. The summed E-state index contributed by atoms with van der Waals surface area (Å²) < 4.78 is 15.0. The molecule has 1 aliphatic heterocycles. The minimum atomic E-state index is -0.447. The Kier molecular flexibility index (Phi) is 4.53. The first-order chi connectivity index (χ1) is 13.5. The zero-order valence-corrected chi connectivity index (χ0v) is 15.2. The van der Waals surface area contributed by atoms with Crippen LogP contribution in [0.3, 0.4) is 0 Å². The van der Waals surface area contributed by atoms with Gasteiger partial charge in [0.15, 0.2) is 0 Å². The Morgan fingerprint density at radius 3 is 2.43 bits per heavy atom. The molecule has 0 bridgehead atoms. The Balaban J connectivity index is 1.59. The van der Waals surface area contributed by atoms with Crippen molar-refractivity contribution in [1.82, 2.24) is 14.8 Å². The highest BCUT2D eigenvalue weighted by molar-refractivity contribution is 6.13. The van der Waals surface area contributed by atoms with E-state index in [2.05, 4.69) is 5.32 Å². The van der Waals surface area contributed by atoms with Crippen molar-refractivity contribution in [2.24, 2.45) is 0 Å². The van der Waals surface area contributed by atoms with Crippen LogP contribution in [0.15, 0.2) is 72.6 Å². The predicted molar refractivity (Wildman–Crippen MR) is 104 cm³/mol. The van der Waals surface area contributed by atoms with Crippen LogP contribution in [0, 0.1) is 12.7 Å². The van der Waals surface area contributed by atoms with Gasteiger partial charge in [-0.2, -0.15) is 0 Å². The van der Waals surface area contributed by atoms with Crippen LogP contribution in [0.4, 0.5) is 9.18 Å². The third-order valence-electron chi connectivity index (χ3n) is 4.60. The zero-order valence-electron chi connectivity index (χ0n) is 15.2. The zero-order chi connectivity index (χ0) is 19.7. The lowest BCUT2D eigenvalue weighted by Crippen LogP contribution is -2.30. The number of benzene rings is 2. The SMILES string of the molecule is Cc1ccc(CN2C(=O)N/C(=C/c3cccn3-c3ccc(F)cc3)C2=O)cc1. The van der Waals surface area contributed by atoms with Crippen molar-refractivity contribution in [3.05, 3.63) is 95.2 Å². The van der Waals surface area contributed by atoms with Gasteiger partial charge >= 0.3 is 6.03 Å². The second kappa shape index (κ2) is 7.15. The van der Waals surface area contributed by atoms with Crippen molar-refractivity contribution >= 4 is 18.0 Å². The maximum absolute atomic E-state index is 13.2. The molecule has 0 saturated carbocycles. The summed E-state index contributed by atoms with van der Waals surface area (Å²) in [6.45, 7) is 2.19. The molecule has 1 aromatic heterocycles. The van der Waals surface area contributed by atoms with Gasteiger partial charge in [-0.05, 0) is 55.0 Å². The van der Waals surface area contributed by atoms with Crippen LogP contribution < -0.4 is 5.32 Å². The van der Waals surface area contributed by atoms with E-state index >= 15 is 0 Å². The van der Waals surface area contributed by atoms with E-state index in [-0.39, 0.29) is 24.0 Å². The summed E-state index contributed by atoms with van der Waals surface area (Å²) in [4.78, 5) is 26.2. The van der Waals surface area contributed by atoms with Gasteiger partial charge in [-0.1, -0.05) is 29.8 Å². The largest absolute Gasteiger partial charge is 0.329 e. The van der Waals surface area contributed by atoms with Gasteiger partial charge in [-0.25, -0.2) is 9.18 Å². The first-order valence-electron chi connectivity index (χ1n) is 8.85. The molecule has 0 atom stereocenters. The topological polar surface area (TPSA) is 54.3 Å². The Labute approximate surface area is 161 Å². The summed E-state index contributed by atoms with van der Waals surface area (Å²) in [7, 11) is 0. The maximum atomic E-state index is 13.2. The van der Waals surface area contributed by atoms with E-state index in [1.54, 1.807) is 18.2 Å². The van der Waals surface area contributed by atoms with Crippen LogP contribution in [-0.4, -0.2) is 21.4 Å². The van der Waals surface area contributed by atoms with E-state index in [9.17, 15) is 14.0 Å². The van der Waals surface area contributed by atoms with Gasteiger partial charge in [0.2, 0.25) is 0 Å². The highest BCUT2D eigenvalue weighted by Gasteiger charge is 2.33. The molecule has 1 saturated heterocycles. The van der Waals surface area contributed by atoms with E-state index < -0.39 is 6.03 Å². The van der Waals surface area contributed by atoms with Crippen LogP contribution in [0.5, 0.6) is 0 Å². The number of amides is 3. The van der Waals surface area contributed by atoms with Crippen LogP contribution in [0.1, 0.15) is 16.8 Å². The lowest BCUT2D eigenvalue weighted by molar-refractivity contribution is -0.123. The standard InChI is InChI=1S/C22H18FN3O2/c1-15-4-6-16(7-5-15)14-26-21(27)20(24-22(26)28)13-19-3-2-12-25(19)18-10-8-17(23)9-11-18/h2-13H,14H2,1H3,(H,24,28)/b20-13+. The van der Waals surface area contributed by atoms with Crippen molar-refractivity contribution in [3.8, 4) is 5.69 Å². The van der Waals surface area contributed by atoms with Gasteiger partial charge < -0.3 is 9.88 Å². The van der Waals surface area contributed by atoms with Crippen molar-refractivity contribution in [2.45, 2.75) is 13.5 Å². The van der Waals surface area contributed by atoms with Crippen LogP contribution in [0.2, 0.25) is 0 Å². The second-order valence-electron chi connectivity index (χ2n) is 6.64. The Hall–Kier alpha value is -3.67. The van der Waals surface area contributed by atoms with Gasteiger partial charge in [0.05, 0.1) is 6.54 Å². The van der Waals surface area contributed by atoms with E-state index in [1.165, 1.54) is 17.0 Å². The summed E-state index contributed by atoms with van der Waals surface area (Å²) >= 11 is 0. The van der Waals surface area contributed by atoms with Crippen molar-refractivity contribution in [1.29, 1.82) is 0 Å². The van der Waals surface area contributed by atoms with Gasteiger partial charge in [0.1, 0.15) is 11.5 Å². The first-order valence-corrected chi connectivity index (χ1v) is 8.85. The van der Waals surface area contributed by atoms with Crippen molar-refractivity contribution < 1.29 is 14.0 Å². The highest BCUT2D eigenvalue weighted by Crippen LogP contribution is 2.20. The minimum absolute atomic E-state index is 0.208. The minimum Gasteiger partial charge on any atom is -0.317 e. The van der Waals surface area contributed by atoms with Gasteiger partial charge in [-0.15, -0.1) is 0 Å². The number of carbonyl (C=O) groups is 2. The predicted octanol–water partition coefficient (Wildman–Crippen LogP) is 4.02. The number of hydrogen-bond donors (Lipinski definition) is 1. The lowest BCUT2D eigenvalue weighted by atomic mass is 10.1. The van der Waals surface area contributed by atoms with Gasteiger partial charge in [0, 0.05) is 17.6 Å². The van der Waals surface area contributed by atoms with E-state index in [0.29, 0.717) is 5.69 Å². The fourth-order valence-corrected chi connectivity index (χ4v) is 3.09. The van der Waals surface area contributed by atoms with Crippen LogP contribution in [0.25, 0.3) is 11.8 Å². The molecule has 0 aliphatic carbocycles. The highest BCUT2D eigenvalue weighted by atomic mass is 19.1. The number of aromatic nitrogens is 1. The summed E-state index contributed by atoms with van der Waals surface area (Å²) in [5.74, 6) is -0.696. The molecular weight excluding hydrogens is 357 g/mol. The third kappa shape index (κ3) is 3.44. The number of nitrogens with one attached hydrogen (secondary N) is 1. The molecule has 6 heteroatoms. The molecule has 4 rings (SSSR count). The average molecular weight is 375 g/mol. The van der Waals surface area contributed by atoms with E-state index in [0.717, 1.165) is 16.8 Å². The summed E-state index contributed by atoms with van der Waals surface area (Å²) in [6, 6.07) is 16.9. The molecular formula is C22H18FN3O2. The number of halogens is 1. The van der Waals surface area contributed by atoms with Gasteiger partial charge in [-0.3, -0.25) is 9.69 Å². The Bertz CT molecular complexity index is 1070. The maximum Gasteiger partial charge on any atom is 0.329 e. The van der Waals surface area contributed by atoms with E-state index in [4.69, 9.17) is 0 Å². The Morgan fingerprint density at radius 2 is 1.71 bits per heavy atom.